The number of carbonyl (C=O) groups is 5. The Morgan fingerprint density at radius 1 is 0.941 bits per heavy atom. The van der Waals surface area contributed by atoms with Crippen LogP contribution in [0.4, 0.5) is 0 Å². The van der Waals surface area contributed by atoms with Crippen molar-refractivity contribution in [2.24, 2.45) is 11.7 Å². The van der Waals surface area contributed by atoms with Gasteiger partial charge in [0.2, 0.25) is 17.7 Å². The monoisotopic (exact) mass is 480 g/mol. The Hall–Kier alpha value is -3.67. The highest BCUT2D eigenvalue weighted by Gasteiger charge is 2.31. The standard InChI is InChI=1S/C22H32N4O8/c1-3-12(2)19(22(34)24-11-18(30)31)26-21(33)16(10-13-4-6-14(27)7-5-13)25-20(32)15(23)8-9-17(28)29/h4-7,12,15-16,19,27H,3,8-11,23H2,1-2H3,(H,24,34)(H,25,32)(H,26,33)(H,28,29)(H,30,31). The second kappa shape index (κ2) is 13.8. The number of hydrogen-bond acceptors (Lipinski definition) is 7. The molecule has 188 valence electrons. The summed E-state index contributed by atoms with van der Waals surface area (Å²) < 4.78 is 0. The number of aromatic hydroxyl groups is 1. The molecule has 0 spiro atoms. The Bertz CT molecular complexity index is 874. The molecule has 0 aliphatic heterocycles. The summed E-state index contributed by atoms with van der Waals surface area (Å²) in [6.45, 7) is 2.89. The number of amides is 3. The fraction of sp³-hybridized carbons (Fsp3) is 0.500. The van der Waals surface area contributed by atoms with Crippen LogP contribution in [0.15, 0.2) is 24.3 Å². The van der Waals surface area contributed by atoms with Crippen molar-refractivity contribution in [1.82, 2.24) is 16.0 Å². The smallest absolute Gasteiger partial charge is 0.322 e. The van der Waals surface area contributed by atoms with Crippen LogP contribution in [-0.4, -0.2) is 69.7 Å². The minimum atomic E-state index is -1.24. The molecule has 0 fully saturated rings. The van der Waals surface area contributed by atoms with Crippen LogP contribution in [0.2, 0.25) is 0 Å². The van der Waals surface area contributed by atoms with Gasteiger partial charge in [0.1, 0.15) is 24.4 Å². The van der Waals surface area contributed by atoms with Gasteiger partial charge in [-0.3, -0.25) is 24.0 Å². The second-order valence-electron chi connectivity index (χ2n) is 7.95. The molecule has 0 aliphatic carbocycles. The number of hydrogen-bond donors (Lipinski definition) is 7. The molecule has 8 N–H and O–H groups in total. The quantitative estimate of drug-likeness (QED) is 0.180. The van der Waals surface area contributed by atoms with Gasteiger partial charge in [-0.15, -0.1) is 0 Å². The molecule has 12 nitrogen and oxygen atoms in total. The molecule has 1 aromatic rings. The number of phenols is 1. The fourth-order valence-corrected chi connectivity index (χ4v) is 2.99. The molecule has 0 heterocycles. The Kier molecular flexibility index (Phi) is 11.5. The lowest BCUT2D eigenvalue weighted by Crippen LogP contribution is -2.58. The number of carbonyl (C=O) groups excluding carboxylic acids is 3. The maximum Gasteiger partial charge on any atom is 0.322 e. The number of nitrogens with one attached hydrogen (secondary N) is 3. The third kappa shape index (κ3) is 9.86. The van der Waals surface area contributed by atoms with E-state index >= 15 is 0 Å². The molecule has 1 aromatic carbocycles. The van der Waals surface area contributed by atoms with Crippen molar-refractivity contribution in [1.29, 1.82) is 0 Å². The first-order valence-corrected chi connectivity index (χ1v) is 10.8. The number of rotatable bonds is 14. The van der Waals surface area contributed by atoms with Crippen LogP contribution in [0.3, 0.4) is 0 Å². The molecule has 3 amide bonds. The molecule has 12 heteroatoms. The molecule has 0 aromatic heterocycles. The number of carboxylic acids is 2. The van der Waals surface area contributed by atoms with Gasteiger partial charge in [0.25, 0.3) is 0 Å². The topological polar surface area (TPSA) is 208 Å². The van der Waals surface area contributed by atoms with Gasteiger partial charge in [0, 0.05) is 12.8 Å². The first kappa shape index (κ1) is 28.4. The zero-order chi connectivity index (χ0) is 25.8. The molecule has 0 saturated heterocycles. The predicted molar refractivity (Wildman–Crippen MR) is 121 cm³/mol. The average molecular weight is 481 g/mol. The summed E-state index contributed by atoms with van der Waals surface area (Å²) in [6, 6.07) is 2.52. The van der Waals surface area contributed by atoms with Crippen LogP contribution in [0.25, 0.3) is 0 Å². The number of phenolic OH excluding ortho intramolecular Hbond substituents is 1. The van der Waals surface area contributed by atoms with E-state index in [2.05, 4.69) is 16.0 Å². The van der Waals surface area contributed by atoms with E-state index in [9.17, 15) is 29.1 Å². The summed E-state index contributed by atoms with van der Waals surface area (Å²) in [7, 11) is 0. The highest BCUT2D eigenvalue weighted by molar-refractivity contribution is 5.94. The lowest BCUT2D eigenvalue weighted by atomic mass is 9.97. The van der Waals surface area contributed by atoms with Crippen LogP contribution in [-0.2, 0) is 30.4 Å². The molecule has 0 bridgehead atoms. The predicted octanol–water partition coefficient (Wildman–Crippen LogP) is -0.657. The SMILES string of the molecule is CCC(C)C(NC(=O)C(Cc1ccc(O)cc1)NC(=O)C(N)CCC(=O)O)C(=O)NCC(=O)O. The van der Waals surface area contributed by atoms with Crippen LogP contribution >= 0.6 is 0 Å². The molecule has 0 aliphatic rings. The van der Waals surface area contributed by atoms with Gasteiger partial charge in [0.15, 0.2) is 0 Å². The van der Waals surface area contributed by atoms with Crippen molar-refractivity contribution in [3.63, 3.8) is 0 Å². The third-order valence-electron chi connectivity index (χ3n) is 5.22. The van der Waals surface area contributed by atoms with E-state index in [0.717, 1.165) is 0 Å². The first-order chi connectivity index (χ1) is 15.9. The summed E-state index contributed by atoms with van der Waals surface area (Å²) in [5.74, 6) is -4.82. The number of nitrogens with two attached hydrogens (primary N) is 1. The molecule has 0 saturated carbocycles. The van der Waals surface area contributed by atoms with Gasteiger partial charge < -0.3 is 37.0 Å². The minimum absolute atomic E-state index is 0.00647. The van der Waals surface area contributed by atoms with Crippen molar-refractivity contribution in [2.45, 2.75) is 57.7 Å². The Morgan fingerprint density at radius 2 is 1.56 bits per heavy atom. The van der Waals surface area contributed by atoms with Gasteiger partial charge >= 0.3 is 11.9 Å². The highest BCUT2D eigenvalue weighted by Crippen LogP contribution is 2.13. The summed E-state index contributed by atoms with van der Waals surface area (Å²) in [5.41, 5.74) is 6.35. The van der Waals surface area contributed by atoms with E-state index in [-0.39, 0.29) is 30.9 Å². The van der Waals surface area contributed by atoms with Crippen molar-refractivity contribution >= 4 is 29.7 Å². The van der Waals surface area contributed by atoms with Gasteiger partial charge in [-0.25, -0.2) is 0 Å². The van der Waals surface area contributed by atoms with Crippen LogP contribution in [0.1, 0.15) is 38.7 Å². The van der Waals surface area contributed by atoms with E-state index in [1.807, 2.05) is 0 Å². The van der Waals surface area contributed by atoms with Gasteiger partial charge in [-0.1, -0.05) is 32.4 Å². The van der Waals surface area contributed by atoms with Gasteiger partial charge in [0.05, 0.1) is 6.04 Å². The minimum Gasteiger partial charge on any atom is -0.508 e. The normalized spacial score (nSPS) is 14.2. The first-order valence-electron chi connectivity index (χ1n) is 10.8. The molecule has 4 atom stereocenters. The second-order valence-corrected chi connectivity index (χ2v) is 7.95. The lowest BCUT2D eigenvalue weighted by molar-refractivity contribution is -0.139. The molecular formula is C22H32N4O8. The maximum atomic E-state index is 13.1. The van der Waals surface area contributed by atoms with Crippen molar-refractivity contribution in [2.75, 3.05) is 6.54 Å². The fourth-order valence-electron chi connectivity index (χ4n) is 2.99. The maximum absolute atomic E-state index is 13.1. The summed E-state index contributed by atoms with van der Waals surface area (Å²) in [6.07, 6.45) is 0.0268. The van der Waals surface area contributed by atoms with E-state index in [1.54, 1.807) is 26.0 Å². The van der Waals surface area contributed by atoms with Crippen molar-refractivity contribution in [3.8, 4) is 5.75 Å². The molecule has 4 unspecified atom stereocenters. The summed E-state index contributed by atoms with van der Waals surface area (Å²) in [4.78, 5) is 59.7. The van der Waals surface area contributed by atoms with Crippen molar-refractivity contribution < 1.29 is 39.3 Å². The zero-order valence-corrected chi connectivity index (χ0v) is 19.1. The van der Waals surface area contributed by atoms with Gasteiger partial charge in [-0.2, -0.15) is 0 Å². The lowest BCUT2D eigenvalue weighted by Gasteiger charge is -2.27. The number of carboxylic acid groups (broad SMARTS) is 2. The van der Waals surface area contributed by atoms with E-state index in [4.69, 9.17) is 15.9 Å². The molecule has 0 radical (unpaired) electrons. The summed E-state index contributed by atoms with van der Waals surface area (Å²) >= 11 is 0. The van der Waals surface area contributed by atoms with Crippen molar-refractivity contribution in [3.05, 3.63) is 29.8 Å². The largest absolute Gasteiger partial charge is 0.508 e. The third-order valence-corrected chi connectivity index (χ3v) is 5.22. The van der Waals surface area contributed by atoms with Crippen LogP contribution in [0, 0.1) is 5.92 Å². The Labute approximate surface area is 196 Å². The highest BCUT2D eigenvalue weighted by atomic mass is 16.4. The van der Waals surface area contributed by atoms with Crippen LogP contribution in [0.5, 0.6) is 5.75 Å². The Morgan fingerprint density at radius 3 is 2.09 bits per heavy atom. The van der Waals surface area contributed by atoms with Gasteiger partial charge in [-0.05, 0) is 30.0 Å². The Balaban J connectivity index is 3.06. The average Bonchev–Trinajstić information content (AvgIpc) is 2.79. The number of aliphatic carboxylic acids is 2. The van der Waals surface area contributed by atoms with E-state index in [1.165, 1.54) is 12.1 Å². The number of benzene rings is 1. The molecule has 1 rings (SSSR count). The van der Waals surface area contributed by atoms with Crippen LogP contribution < -0.4 is 21.7 Å². The van der Waals surface area contributed by atoms with E-state index < -0.39 is 54.3 Å². The summed E-state index contributed by atoms with van der Waals surface area (Å²) in [5, 5.41) is 34.4. The molecular weight excluding hydrogens is 448 g/mol. The zero-order valence-electron chi connectivity index (χ0n) is 19.1. The van der Waals surface area contributed by atoms with E-state index in [0.29, 0.717) is 12.0 Å². The molecule has 34 heavy (non-hydrogen) atoms.